The molecule has 0 amide bonds. The molecule has 0 aromatic carbocycles. The number of hydrogen-bond donors (Lipinski definition) is 0. The highest BCUT2D eigenvalue weighted by Crippen LogP contribution is 2.33. The fourth-order valence-corrected chi connectivity index (χ4v) is 2.34. The molecule has 54 valence electrons. The predicted molar refractivity (Wildman–Crippen MR) is 46.5 cm³/mol. The van der Waals surface area contributed by atoms with Gasteiger partial charge in [-0.15, -0.1) is 0 Å². The first-order valence-corrected chi connectivity index (χ1v) is 4.39. The molecule has 0 radical (unpaired) electrons. The lowest BCUT2D eigenvalue weighted by molar-refractivity contribution is 0.234. The molecule has 0 spiro atoms. The summed E-state index contributed by atoms with van der Waals surface area (Å²) >= 11 is 2.01. The van der Waals surface area contributed by atoms with Gasteiger partial charge >= 0.3 is 0 Å². The molecule has 1 fully saturated rings. The van der Waals surface area contributed by atoms with E-state index in [4.69, 9.17) is 3.07 Å². The lowest BCUT2D eigenvalue weighted by atomic mass is 10.1. The maximum Gasteiger partial charge on any atom is 0.110 e. The summed E-state index contributed by atoms with van der Waals surface area (Å²) in [4.78, 5) is 0. The second-order valence-electron chi connectivity index (χ2n) is 3.18. The molecule has 0 N–H and O–H groups in total. The molecule has 1 rings (SSSR count). The molecule has 9 heavy (non-hydrogen) atoms. The Labute approximate surface area is 70.9 Å². The SMILES string of the molecule is CC1CC(C)C(OI)C1. The van der Waals surface area contributed by atoms with Crippen LogP contribution < -0.4 is 0 Å². The van der Waals surface area contributed by atoms with E-state index >= 15 is 0 Å². The Kier molecular flexibility index (Phi) is 2.76. The molecule has 0 aromatic rings. The number of halogens is 1. The van der Waals surface area contributed by atoms with E-state index in [0.717, 1.165) is 11.8 Å². The Hall–Kier alpha value is 0.690. The van der Waals surface area contributed by atoms with Gasteiger partial charge in [-0.25, -0.2) is 0 Å². The average Bonchev–Trinajstić information content (AvgIpc) is 2.10. The molecule has 1 saturated carbocycles. The Balaban J connectivity index is 2.38. The van der Waals surface area contributed by atoms with Crippen molar-refractivity contribution >= 4 is 23.0 Å². The molecular weight excluding hydrogens is 227 g/mol. The summed E-state index contributed by atoms with van der Waals surface area (Å²) in [6.45, 7) is 4.57. The van der Waals surface area contributed by atoms with Crippen molar-refractivity contribution in [2.24, 2.45) is 11.8 Å². The zero-order valence-electron chi connectivity index (χ0n) is 5.93. The van der Waals surface area contributed by atoms with Crippen LogP contribution in [0.1, 0.15) is 26.7 Å². The predicted octanol–water partition coefficient (Wildman–Crippen LogP) is 2.79. The van der Waals surface area contributed by atoms with E-state index in [1.165, 1.54) is 12.8 Å². The number of rotatable bonds is 1. The maximum atomic E-state index is 5.26. The Morgan fingerprint density at radius 2 is 2.00 bits per heavy atom. The Bertz CT molecular complexity index is 94.9. The summed E-state index contributed by atoms with van der Waals surface area (Å²) in [5, 5.41) is 0. The normalized spacial score (nSPS) is 43.7. The van der Waals surface area contributed by atoms with Gasteiger partial charge in [-0.2, -0.15) is 0 Å². The van der Waals surface area contributed by atoms with Crippen LogP contribution in [0.15, 0.2) is 0 Å². The lowest BCUT2D eigenvalue weighted by Gasteiger charge is -2.09. The van der Waals surface area contributed by atoms with E-state index in [1.54, 1.807) is 0 Å². The fraction of sp³-hybridized carbons (Fsp3) is 1.00. The van der Waals surface area contributed by atoms with Crippen LogP contribution in [0.3, 0.4) is 0 Å². The summed E-state index contributed by atoms with van der Waals surface area (Å²) < 4.78 is 5.26. The van der Waals surface area contributed by atoms with E-state index in [2.05, 4.69) is 13.8 Å². The summed E-state index contributed by atoms with van der Waals surface area (Å²) in [6, 6.07) is 0. The van der Waals surface area contributed by atoms with Crippen molar-refractivity contribution in [1.29, 1.82) is 0 Å². The molecule has 2 heteroatoms. The molecule has 1 nitrogen and oxygen atoms in total. The van der Waals surface area contributed by atoms with Crippen LogP contribution in [-0.2, 0) is 3.07 Å². The van der Waals surface area contributed by atoms with Gasteiger partial charge < -0.3 is 3.07 Å². The Morgan fingerprint density at radius 1 is 1.33 bits per heavy atom. The van der Waals surface area contributed by atoms with Gasteiger partial charge in [0.05, 0.1) is 6.10 Å². The van der Waals surface area contributed by atoms with Crippen LogP contribution in [0.2, 0.25) is 0 Å². The summed E-state index contributed by atoms with van der Waals surface area (Å²) in [7, 11) is 0. The Morgan fingerprint density at radius 3 is 2.22 bits per heavy atom. The van der Waals surface area contributed by atoms with E-state index in [1.807, 2.05) is 23.0 Å². The molecule has 0 aromatic heterocycles. The van der Waals surface area contributed by atoms with Gasteiger partial charge in [-0.3, -0.25) is 0 Å². The minimum Gasteiger partial charge on any atom is -0.312 e. The van der Waals surface area contributed by atoms with Crippen molar-refractivity contribution in [3.8, 4) is 0 Å². The van der Waals surface area contributed by atoms with Gasteiger partial charge in [-0.1, -0.05) is 13.8 Å². The molecule has 1 aliphatic carbocycles. The second kappa shape index (κ2) is 3.19. The zero-order valence-corrected chi connectivity index (χ0v) is 8.09. The van der Waals surface area contributed by atoms with Crippen molar-refractivity contribution in [1.82, 2.24) is 0 Å². The van der Waals surface area contributed by atoms with Crippen molar-refractivity contribution in [2.45, 2.75) is 32.8 Å². The molecule has 0 aliphatic heterocycles. The topological polar surface area (TPSA) is 9.23 Å². The highest BCUT2D eigenvalue weighted by atomic mass is 127. The van der Waals surface area contributed by atoms with Gasteiger partial charge in [0.1, 0.15) is 23.0 Å². The molecule has 0 heterocycles. The minimum atomic E-state index is 0.528. The third-order valence-corrected chi connectivity index (χ3v) is 2.81. The van der Waals surface area contributed by atoms with Gasteiger partial charge in [0, 0.05) is 0 Å². The van der Waals surface area contributed by atoms with Gasteiger partial charge in [0.15, 0.2) is 0 Å². The first kappa shape index (κ1) is 7.79. The molecule has 0 saturated heterocycles. The zero-order chi connectivity index (χ0) is 6.85. The first-order valence-electron chi connectivity index (χ1n) is 3.51. The van der Waals surface area contributed by atoms with E-state index in [-0.39, 0.29) is 0 Å². The molecular formula is C7H13IO. The highest BCUT2D eigenvalue weighted by Gasteiger charge is 2.28. The van der Waals surface area contributed by atoms with Gasteiger partial charge in [0.25, 0.3) is 0 Å². The van der Waals surface area contributed by atoms with Crippen LogP contribution in [-0.4, -0.2) is 6.10 Å². The van der Waals surface area contributed by atoms with Crippen LogP contribution >= 0.6 is 23.0 Å². The maximum absolute atomic E-state index is 5.26. The first-order chi connectivity index (χ1) is 4.24. The second-order valence-corrected chi connectivity index (χ2v) is 3.69. The van der Waals surface area contributed by atoms with Crippen molar-refractivity contribution < 1.29 is 3.07 Å². The monoisotopic (exact) mass is 240 g/mol. The fourth-order valence-electron chi connectivity index (χ4n) is 1.64. The highest BCUT2D eigenvalue weighted by molar-refractivity contribution is 14.1. The quantitative estimate of drug-likeness (QED) is 0.640. The van der Waals surface area contributed by atoms with Gasteiger partial charge in [-0.05, 0) is 24.7 Å². The summed E-state index contributed by atoms with van der Waals surface area (Å²) in [5.74, 6) is 1.65. The summed E-state index contributed by atoms with van der Waals surface area (Å²) in [5.41, 5.74) is 0. The smallest absolute Gasteiger partial charge is 0.110 e. The van der Waals surface area contributed by atoms with E-state index in [9.17, 15) is 0 Å². The van der Waals surface area contributed by atoms with E-state index < -0.39 is 0 Å². The third kappa shape index (κ3) is 1.80. The summed E-state index contributed by atoms with van der Waals surface area (Å²) in [6.07, 6.45) is 3.12. The van der Waals surface area contributed by atoms with Crippen LogP contribution in [0.25, 0.3) is 0 Å². The van der Waals surface area contributed by atoms with Gasteiger partial charge in [0.2, 0.25) is 0 Å². The molecule has 1 aliphatic rings. The van der Waals surface area contributed by atoms with Crippen molar-refractivity contribution in [3.05, 3.63) is 0 Å². The lowest BCUT2D eigenvalue weighted by Crippen LogP contribution is -2.09. The van der Waals surface area contributed by atoms with E-state index in [0.29, 0.717) is 6.10 Å². The van der Waals surface area contributed by atoms with Crippen LogP contribution in [0, 0.1) is 11.8 Å². The average molecular weight is 240 g/mol. The largest absolute Gasteiger partial charge is 0.312 e. The standard InChI is InChI=1S/C7H13IO/c1-5-3-6(2)7(4-5)9-8/h5-7H,3-4H2,1-2H3. The van der Waals surface area contributed by atoms with Crippen molar-refractivity contribution in [2.75, 3.05) is 0 Å². The van der Waals surface area contributed by atoms with Crippen LogP contribution in [0.4, 0.5) is 0 Å². The van der Waals surface area contributed by atoms with Crippen LogP contribution in [0.5, 0.6) is 0 Å². The number of hydrogen-bond acceptors (Lipinski definition) is 1. The molecule has 3 atom stereocenters. The minimum absolute atomic E-state index is 0.528. The molecule has 0 bridgehead atoms. The molecule has 3 unspecified atom stereocenters. The van der Waals surface area contributed by atoms with Crippen molar-refractivity contribution in [3.63, 3.8) is 0 Å². The third-order valence-electron chi connectivity index (χ3n) is 2.16.